The van der Waals surface area contributed by atoms with E-state index >= 15 is 0 Å². The molecule has 1 saturated heterocycles. The number of nitrogens with zero attached hydrogens (tertiary/aromatic N) is 1. The fraction of sp³-hybridized carbons (Fsp3) is 0.923. The van der Waals surface area contributed by atoms with Gasteiger partial charge in [0.15, 0.2) is 0 Å². The van der Waals surface area contributed by atoms with Crippen LogP contribution >= 0.6 is 11.6 Å². The van der Waals surface area contributed by atoms with Gasteiger partial charge in [0.1, 0.15) is 0 Å². The Morgan fingerprint density at radius 1 is 1.38 bits per heavy atom. The molecule has 0 aromatic carbocycles. The summed E-state index contributed by atoms with van der Waals surface area (Å²) in [6, 6.07) is 0.426. The highest BCUT2D eigenvalue weighted by Gasteiger charge is 2.39. The summed E-state index contributed by atoms with van der Waals surface area (Å²) in [5, 5.41) is 0.0350. The van der Waals surface area contributed by atoms with Crippen molar-refractivity contribution in [1.82, 2.24) is 4.90 Å². The van der Waals surface area contributed by atoms with E-state index < -0.39 is 0 Å². The number of amides is 1. The van der Waals surface area contributed by atoms with Crippen molar-refractivity contribution in [3.63, 3.8) is 0 Å². The van der Waals surface area contributed by atoms with Crippen LogP contribution in [0.1, 0.15) is 46.5 Å². The minimum absolute atomic E-state index is 0.0350. The van der Waals surface area contributed by atoms with Crippen LogP contribution in [0.4, 0.5) is 0 Å². The summed E-state index contributed by atoms with van der Waals surface area (Å²) in [4.78, 5) is 13.9. The van der Waals surface area contributed by atoms with Crippen LogP contribution in [0.5, 0.6) is 0 Å². The third-order valence-electron chi connectivity index (χ3n) is 3.92. The van der Waals surface area contributed by atoms with Crippen LogP contribution in [0.3, 0.4) is 0 Å². The van der Waals surface area contributed by atoms with Gasteiger partial charge in [0.05, 0.1) is 5.38 Å². The van der Waals surface area contributed by atoms with E-state index in [1.165, 1.54) is 6.42 Å². The molecule has 2 aliphatic rings. The SMILES string of the molecule is CC1CC(N2CC(Cl)CC2=O)CC(C)(C)C1. The number of rotatable bonds is 1. The first-order chi connectivity index (χ1) is 7.37. The molecule has 0 aromatic rings. The number of carbonyl (C=O) groups is 1. The topological polar surface area (TPSA) is 20.3 Å². The Balaban J connectivity index is 2.06. The first-order valence-corrected chi connectivity index (χ1v) is 6.74. The molecular formula is C13H22ClNO. The maximum Gasteiger partial charge on any atom is 0.224 e. The second-order valence-electron chi connectivity index (χ2n) is 6.41. The van der Waals surface area contributed by atoms with Crippen LogP contribution in [0, 0.1) is 11.3 Å². The summed E-state index contributed by atoms with van der Waals surface area (Å²) < 4.78 is 0. The fourth-order valence-corrected chi connectivity index (χ4v) is 3.85. The standard InChI is InChI=1S/C13H22ClNO/c1-9-4-11(7-13(2,3)6-9)15-8-10(14)5-12(15)16/h9-11H,4-8H2,1-3H3. The van der Waals surface area contributed by atoms with Gasteiger partial charge in [0.2, 0.25) is 5.91 Å². The van der Waals surface area contributed by atoms with Gasteiger partial charge in [0, 0.05) is 19.0 Å². The Bertz CT molecular complexity index is 290. The summed E-state index contributed by atoms with van der Waals surface area (Å²) in [6.07, 6.45) is 4.09. The van der Waals surface area contributed by atoms with Gasteiger partial charge in [0.25, 0.3) is 0 Å². The molecule has 1 aliphatic heterocycles. The lowest BCUT2D eigenvalue weighted by Gasteiger charge is -2.42. The number of halogens is 1. The number of hydrogen-bond donors (Lipinski definition) is 0. The molecule has 1 amide bonds. The van der Waals surface area contributed by atoms with E-state index in [1.807, 2.05) is 4.90 Å². The highest BCUT2D eigenvalue weighted by molar-refractivity contribution is 6.22. The molecular weight excluding hydrogens is 222 g/mol. The van der Waals surface area contributed by atoms with Crippen LogP contribution in [0.25, 0.3) is 0 Å². The van der Waals surface area contributed by atoms with Crippen LogP contribution in [0.2, 0.25) is 0 Å². The number of carbonyl (C=O) groups excluding carboxylic acids is 1. The van der Waals surface area contributed by atoms with E-state index in [4.69, 9.17) is 11.6 Å². The smallest absolute Gasteiger partial charge is 0.224 e. The molecule has 3 atom stereocenters. The van der Waals surface area contributed by atoms with E-state index in [9.17, 15) is 4.79 Å². The van der Waals surface area contributed by atoms with Gasteiger partial charge in [-0.1, -0.05) is 20.8 Å². The molecule has 1 saturated carbocycles. The van der Waals surface area contributed by atoms with Gasteiger partial charge in [-0.25, -0.2) is 0 Å². The largest absolute Gasteiger partial charge is 0.338 e. The zero-order valence-corrected chi connectivity index (χ0v) is 11.3. The zero-order chi connectivity index (χ0) is 11.9. The number of hydrogen-bond acceptors (Lipinski definition) is 1. The van der Waals surface area contributed by atoms with Crippen molar-refractivity contribution in [3.05, 3.63) is 0 Å². The van der Waals surface area contributed by atoms with Crippen molar-refractivity contribution in [2.75, 3.05) is 6.54 Å². The average Bonchev–Trinajstić information content (AvgIpc) is 2.41. The molecule has 92 valence electrons. The first-order valence-electron chi connectivity index (χ1n) is 6.31. The molecule has 3 heteroatoms. The molecule has 0 spiro atoms. The van der Waals surface area contributed by atoms with Gasteiger partial charge in [-0.15, -0.1) is 11.6 Å². The Morgan fingerprint density at radius 3 is 2.56 bits per heavy atom. The Kier molecular flexibility index (Phi) is 3.22. The number of likely N-dealkylation sites (tertiary alicyclic amines) is 1. The molecule has 2 nitrogen and oxygen atoms in total. The number of alkyl halides is 1. The van der Waals surface area contributed by atoms with E-state index in [1.54, 1.807) is 0 Å². The van der Waals surface area contributed by atoms with Crippen molar-refractivity contribution in [2.24, 2.45) is 11.3 Å². The monoisotopic (exact) mass is 243 g/mol. The average molecular weight is 244 g/mol. The van der Waals surface area contributed by atoms with Crippen LogP contribution in [0.15, 0.2) is 0 Å². The van der Waals surface area contributed by atoms with Crippen molar-refractivity contribution in [3.8, 4) is 0 Å². The molecule has 16 heavy (non-hydrogen) atoms. The maximum atomic E-state index is 11.8. The molecule has 1 aliphatic carbocycles. The summed E-state index contributed by atoms with van der Waals surface area (Å²) in [7, 11) is 0. The molecule has 2 fully saturated rings. The zero-order valence-electron chi connectivity index (χ0n) is 10.5. The fourth-order valence-electron chi connectivity index (χ4n) is 3.57. The Hall–Kier alpha value is -0.240. The van der Waals surface area contributed by atoms with Crippen molar-refractivity contribution in [1.29, 1.82) is 0 Å². The Labute approximate surface area is 103 Å². The summed E-state index contributed by atoms with van der Waals surface area (Å²) in [5.41, 5.74) is 0.368. The van der Waals surface area contributed by atoms with E-state index in [-0.39, 0.29) is 11.3 Å². The van der Waals surface area contributed by atoms with Gasteiger partial charge in [-0.05, 0) is 30.6 Å². The summed E-state index contributed by atoms with van der Waals surface area (Å²) >= 11 is 6.07. The Morgan fingerprint density at radius 2 is 2.06 bits per heavy atom. The van der Waals surface area contributed by atoms with Crippen LogP contribution < -0.4 is 0 Å². The van der Waals surface area contributed by atoms with Gasteiger partial charge in [-0.3, -0.25) is 4.79 Å². The maximum absolute atomic E-state index is 11.8. The molecule has 0 aromatic heterocycles. The normalized spacial score (nSPS) is 39.1. The quantitative estimate of drug-likeness (QED) is 0.649. The predicted molar refractivity (Wildman–Crippen MR) is 66.6 cm³/mol. The lowest BCUT2D eigenvalue weighted by Crippen LogP contribution is -2.44. The van der Waals surface area contributed by atoms with Crippen LogP contribution in [-0.2, 0) is 4.79 Å². The summed E-state index contributed by atoms with van der Waals surface area (Å²) in [5.74, 6) is 0.978. The lowest BCUT2D eigenvalue weighted by molar-refractivity contribution is -0.131. The van der Waals surface area contributed by atoms with Gasteiger partial charge < -0.3 is 4.90 Å². The minimum atomic E-state index is 0.0350. The second-order valence-corrected chi connectivity index (χ2v) is 7.03. The summed E-state index contributed by atoms with van der Waals surface area (Å²) in [6.45, 7) is 7.68. The third kappa shape index (κ3) is 2.53. The predicted octanol–water partition coefficient (Wildman–Crippen LogP) is 3.04. The van der Waals surface area contributed by atoms with Crippen molar-refractivity contribution >= 4 is 17.5 Å². The van der Waals surface area contributed by atoms with Crippen LogP contribution in [-0.4, -0.2) is 28.8 Å². The van der Waals surface area contributed by atoms with E-state index in [0.717, 1.165) is 25.3 Å². The van der Waals surface area contributed by atoms with Crippen molar-refractivity contribution < 1.29 is 4.79 Å². The molecule has 1 heterocycles. The molecule has 0 bridgehead atoms. The highest BCUT2D eigenvalue weighted by atomic mass is 35.5. The molecule has 3 unspecified atom stereocenters. The lowest BCUT2D eigenvalue weighted by atomic mass is 9.70. The molecule has 0 N–H and O–H groups in total. The minimum Gasteiger partial charge on any atom is -0.338 e. The van der Waals surface area contributed by atoms with E-state index in [2.05, 4.69) is 20.8 Å². The third-order valence-corrected chi connectivity index (χ3v) is 4.21. The molecule has 0 radical (unpaired) electrons. The van der Waals surface area contributed by atoms with Gasteiger partial charge in [-0.2, -0.15) is 0 Å². The van der Waals surface area contributed by atoms with Crippen molar-refractivity contribution in [2.45, 2.75) is 57.9 Å². The van der Waals surface area contributed by atoms with Gasteiger partial charge >= 0.3 is 0 Å². The first kappa shape index (κ1) is 12.2. The second kappa shape index (κ2) is 4.21. The molecule has 2 rings (SSSR count). The highest BCUT2D eigenvalue weighted by Crippen LogP contribution is 2.41. The van der Waals surface area contributed by atoms with E-state index in [0.29, 0.717) is 17.9 Å².